The number of fused-ring (bicyclic) bond motifs is 1. The zero-order chi connectivity index (χ0) is 21.2. The summed E-state index contributed by atoms with van der Waals surface area (Å²) in [6, 6.07) is 16.1. The molecule has 0 radical (unpaired) electrons. The quantitative estimate of drug-likeness (QED) is 0.584. The highest BCUT2D eigenvalue weighted by atomic mass is 16.5. The minimum absolute atomic E-state index is 0.170. The molecule has 2 aliphatic heterocycles. The highest BCUT2D eigenvalue weighted by molar-refractivity contribution is 5.82. The Hall–Kier alpha value is -2.94. The minimum atomic E-state index is -0.179. The lowest BCUT2D eigenvalue weighted by atomic mass is 10.0. The number of piperazine rings is 1. The van der Waals surface area contributed by atoms with Gasteiger partial charge in [-0.25, -0.2) is 15.8 Å². The van der Waals surface area contributed by atoms with E-state index in [0.717, 1.165) is 61.8 Å². The van der Waals surface area contributed by atoms with Gasteiger partial charge in [0.25, 0.3) is 0 Å². The molecule has 3 aromatic rings. The lowest BCUT2D eigenvalue weighted by molar-refractivity contribution is -0.135. The van der Waals surface area contributed by atoms with Crippen molar-refractivity contribution in [2.75, 3.05) is 33.3 Å². The second kappa shape index (κ2) is 8.66. The summed E-state index contributed by atoms with van der Waals surface area (Å²) in [6.45, 7) is 3.91. The third-order valence-corrected chi connectivity index (χ3v) is 6.20. The van der Waals surface area contributed by atoms with Crippen molar-refractivity contribution >= 4 is 16.9 Å². The van der Waals surface area contributed by atoms with Crippen molar-refractivity contribution in [3.05, 3.63) is 59.9 Å². The van der Waals surface area contributed by atoms with Gasteiger partial charge in [0.05, 0.1) is 24.7 Å². The molecule has 2 aliphatic rings. The molecule has 2 unspecified atom stereocenters. The molecule has 2 atom stereocenters. The molecule has 8 heteroatoms. The number of benzene rings is 2. The van der Waals surface area contributed by atoms with Crippen molar-refractivity contribution in [1.82, 2.24) is 30.6 Å². The molecule has 5 rings (SSSR count). The Labute approximate surface area is 181 Å². The van der Waals surface area contributed by atoms with Crippen LogP contribution in [0.15, 0.2) is 48.5 Å². The van der Waals surface area contributed by atoms with Gasteiger partial charge in [0.1, 0.15) is 17.6 Å². The van der Waals surface area contributed by atoms with Crippen molar-refractivity contribution in [1.29, 1.82) is 0 Å². The van der Waals surface area contributed by atoms with E-state index in [-0.39, 0.29) is 18.0 Å². The number of amides is 1. The summed E-state index contributed by atoms with van der Waals surface area (Å²) >= 11 is 0. The fourth-order valence-corrected chi connectivity index (χ4v) is 4.42. The van der Waals surface area contributed by atoms with Crippen molar-refractivity contribution < 1.29 is 9.53 Å². The first-order chi connectivity index (χ1) is 15.2. The van der Waals surface area contributed by atoms with Crippen LogP contribution >= 0.6 is 0 Å². The zero-order valence-corrected chi connectivity index (χ0v) is 17.7. The number of H-pyrrole nitrogens is 1. The number of ether oxygens (including phenoxy) is 1. The van der Waals surface area contributed by atoms with E-state index in [0.29, 0.717) is 0 Å². The summed E-state index contributed by atoms with van der Waals surface area (Å²) in [5, 5.41) is 0. The summed E-state index contributed by atoms with van der Waals surface area (Å²) in [6.07, 6.45) is 0.769. The molecule has 2 saturated heterocycles. The first kappa shape index (κ1) is 20.0. The maximum Gasteiger partial charge on any atom is 0.241 e. The van der Waals surface area contributed by atoms with Crippen LogP contribution in [0.25, 0.3) is 11.0 Å². The molecule has 8 nitrogen and oxygen atoms in total. The van der Waals surface area contributed by atoms with Gasteiger partial charge in [0.15, 0.2) is 0 Å². The van der Waals surface area contributed by atoms with Gasteiger partial charge in [-0.3, -0.25) is 9.69 Å². The van der Waals surface area contributed by atoms with Gasteiger partial charge >= 0.3 is 0 Å². The molecule has 2 aromatic carbocycles. The smallest absolute Gasteiger partial charge is 0.241 e. The Morgan fingerprint density at radius 3 is 2.68 bits per heavy atom. The molecule has 3 heterocycles. The fourth-order valence-electron chi connectivity index (χ4n) is 4.42. The monoisotopic (exact) mass is 420 g/mol. The van der Waals surface area contributed by atoms with Crippen LogP contribution in [0.5, 0.6) is 5.75 Å². The van der Waals surface area contributed by atoms with Gasteiger partial charge in [0, 0.05) is 38.3 Å². The average molecular weight is 421 g/mol. The van der Waals surface area contributed by atoms with Crippen LogP contribution in [0.2, 0.25) is 0 Å². The minimum Gasteiger partial charge on any atom is -0.497 e. The van der Waals surface area contributed by atoms with Gasteiger partial charge in [-0.15, -0.1) is 0 Å². The first-order valence-electron chi connectivity index (χ1n) is 10.8. The van der Waals surface area contributed by atoms with Gasteiger partial charge in [-0.1, -0.05) is 30.3 Å². The summed E-state index contributed by atoms with van der Waals surface area (Å²) < 4.78 is 5.28. The van der Waals surface area contributed by atoms with Gasteiger partial charge in [-0.05, 0) is 24.1 Å². The molecule has 0 spiro atoms. The molecule has 2 fully saturated rings. The standard InChI is InChI=1S/C23H28N6O2/c1-31-17-7-8-18-20(13-17)25-22(24-18)15-28-9-11-29(12-10-28)23(30)21-14-19(26-27-21)16-5-3-2-4-6-16/h2-8,13,19,21,26-27H,9-12,14-15H2,1H3,(H,24,25). The third-order valence-electron chi connectivity index (χ3n) is 6.20. The van der Waals surface area contributed by atoms with Gasteiger partial charge in [-0.2, -0.15) is 0 Å². The van der Waals surface area contributed by atoms with Crippen LogP contribution in [0.1, 0.15) is 23.9 Å². The number of hydrazine groups is 1. The van der Waals surface area contributed by atoms with E-state index in [4.69, 9.17) is 4.74 Å². The Balaban J connectivity index is 1.14. The fraction of sp³-hybridized carbons (Fsp3) is 0.391. The normalized spacial score (nSPS) is 22.2. The molecular weight excluding hydrogens is 392 g/mol. The van der Waals surface area contributed by atoms with Crippen LogP contribution < -0.4 is 15.6 Å². The first-order valence-corrected chi connectivity index (χ1v) is 10.8. The third kappa shape index (κ3) is 4.27. The molecule has 1 aromatic heterocycles. The topological polar surface area (TPSA) is 85.5 Å². The van der Waals surface area contributed by atoms with Crippen LogP contribution in [-0.2, 0) is 11.3 Å². The van der Waals surface area contributed by atoms with Crippen molar-refractivity contribution in [3.8, 4) is 5.75 Å². The lowest BCUT2D eigenvalue weighted by Gasteiger charge is -2.35. The highest BCUT2D eigenvalue weighted by Crippen LogP contribution is 2.23. The summed E-state index contributed by atoms with van der Waals surface area (Å²) in [5.41, 5.74) is 9.60. The maximum absolute atomic E-state index is 13.0. The van der Waals surface area contributed by atoms with E-state index in [1.54, 1.807) is 7.11 Å². The SMILES string of the molecule is COc1ccc2nc(CN3CCN(C(=O)C4CC(c5ccccc5)NN4)CC3)[nH]c2c1. The molecule has 162 valence electrons. The van der Waals surface area contributed by atoms with Crippen molar-refractivity contribution in [2.45, 2.75) is 25.0 Å². The van der Waals surface area contributed by atoms with Crippen LogP contribution in [-0.4, -0.2) is 65.0 Å². The number of methoxy groups -OCH3 is 1. The van der Waals surface area contributed by atoms with E-state index in [1.165, 1.54) is 5.56 Å². The van der Waals surface area contributed by atoms with Crippen LogP contribution in [0, 0.1) is 0 Å². The van der Waals surface area contributed by atoms with E-state index in [9.17, 15) is 4.79 Å². The summed E-state index contributed by atoms with van der Waals surface area (Å²) in [5.74, 6) is 1.94. The molecule has 0 bridgehead atoms. The number of carbonyl (C=O) groups excluding carboxylic acids is 1. The molecule has 3 N–H and O–H groups in total. The number of carbonyl (C=O) groups is 1. The Kier molecular flexibility index (Phi) is 5.59. The van der Waals surface area contributed by atoms with Crippen molar-refractivity contribution in [3.63, 3.8) is 0 Å². The Morgan fingerprint density at radius 1 is 1.10 bits per heavy atom. The van der Waals surface area contributed by atoms with E-state index >= 15 is 0 Å². The number of nitrogens with zero attached hydrogens (tertiary/aromatic N) is 3. The number of imidazole rings is 1. The number of hydrogen-bond acceptors (Lipinski definition) is 6. The Morgan fingerprint density at radius 2 is 1.90 bits per heavy atom. The van der Waals surface area contributed by atoms with Crippen molar-refractivity contribution in [2.24, 2.45) is 0 Å². The summed E-state index contributed by atoms with van der Waals surface area (Å²) in [4.78, 5) is 25.4. The Bertz CT molecular complexity index is 1040. The van der Waals surface area contributed by atoms with E-state index in [2.05, 4.69) is 37.9 Å². The number of nitrogens with one attached hydrogen (secondary N) is 3. The number of rotatable bonds is 5. The average Bonchev–Trinajstić information content (AvgIpc) is 3.46. The van der Waals surface area contributed by atoms with E-state index < -0.39 is 0 Å². The highest BCUT2D eigenvalue weighted by Gasteiger charge is 2.34. The molecular formula is C23H28N6O2. The molecule has 0 saturated carbocycles. The number of hydrogen-bond donors (Lipinski definition) is 3. The van der Waals surface area contributed by atoms with Gasteiger partial charge < -0.3 is 14.6 Å². The molecule has 1 amide bonds. The summed E-state index contributed by atoms with van der Waals surface area (Å²) in [7, 11) is 1.66. The maximum atomic E-state index is 13.0. The van der Waals surface area contributed by atoms with Crippen LogP contribution in [0.3, 0.4) is 0 Å². The second-order valence-corrected chi connectivity index (χ2v) is 8.21. The predicted molar refractivity (Wildman–Crippen MR) is 118 cm³/mol. The second-order valence-electron chi connectivity index (χ2n) is 8.21. The largest absolute Gasteiger partial charge is 0.497 e. The zero-order valence-electron chi connectivity index (χ0n) is 17.7. The van der Waals surface area contributed by atoms with Gasteiger partial charge in [0.2, 0.25) is 5.91 Å². The van der Waals surface area contributed by atoms with E-state index in [1.807, 2.05) is 41.3 Å². The lowest BCUT2D eigenvalue weighted by Crippen LogP contribution is -2.53. The number of aromatic amines is 1. The number of aromatic nitrogens is 2. The predicted octanol–water partition coefficient (Wildman–Crippen LogP) is 1.82. The molecule has 0 aliphatic carbocycles. The molecule has 31 heavy (non-hydrogen) atoms. The van der Waals surface area contributed by atoms with Crippen LogP contribution in [0.4, 0.5) is 0 Å².